The molecule has 1 aromatic heterocycles. The van der Waals surface area contributed by atoms with Gasteiger partial charge in [-0.15, -0.1) is 0 Å². The van der Waals surface area contributed by atoms with Crippen molar-refractivity contribution in [3.8, 4) is 11.5 Å². The van der Waals surface area contributed by atoms with Crippen LogP contribution in [0.15, 0.2) is 36.7 Å². The molecule has 2 aliphatic heterocycles. The minimum absolute atomic E-state index is 0.0240. The number of ether oxygens (including phenoxy) is 3. The van der Waals surface area contributed by atoms with Crippen LogP contribution in [0.4, 0.5) is 0 Å². The maximum absolute atomic E-state index is 12.6. The average Bonchev–Trinajstić information content (AvgIpc) is 3.17. The summed E-state index contributed by atoms with van der Waals surface area (Å²) in [5, 5.41) is 3.15. The van der Waals surface area contributed by atoms with E-state index in [4.69, 9.17) is 14.2 Å². The SMILES string of the molecule is Cc1cnccc1CC(=O)NCC1(c2ccc3c(c2)OCO3)CCOCC1. The van der Waals surface area contributed by atoms with Gasteiger partial charge < -0.3 is 19.5 Å². The van der Waals surface area contributed by atoms with Gasteiger partial charge in [0.15, 0.2) is 11.5 Å². The van der Waals surface area contributed by atoms with Crippen LogP contribution < -0.4 is 14.8 Å². The molecule has 0 saturated carbocycles. The van der Waals surface area contributed by atoms with E-state index >= 15 is 0 Å². The zero-order valence-electron chi connectivity index (χ0n) is 15.5. The molecule has 1 amide bonds. The first-order valence-corrected chi connectivity index (χ1v) is 9.30. The number of pyridine rings is 1. The molecule has 0 radical (unpaired) electrons. The smallest absolute Gasteiger partial charge is 0.231 e. The highest BCUT2D eigenvalue weighted by molar-refractivity contribution is 5.79. The van der Waals surface area contributed by atoms with E-state index in [1.54, 1.807) is 12.4 Å². The Morgan fingerprint density at radius 3 is 2.81 bits per heavy atom. The van der Waals surface area contributed by atoms with Gasteiger partial charge in [0.25, 0.3) is 0 Å². The van der Waals surface area contributed by atoms with Crippen LogP contribution in [0.5, 0.6) is 11.5 Å². The molecule has 27 heavy (non-hydrogen) atoms. The molecule has 0 unspecified atom stereocenters. The fourth-order valence-corrected chi connectivity index (χ4v) is 3.76. The van der Waals surface area contributed by atoms with E-state index in [-0.39, 0.29) is 18.1 Å². The van der Waals surface area contributed by atoms with Gasteiger partial charge in [0.05, 0.1) is 6.42 Å². The Labute approximate surface area is 158 Å². The molecule has 0 bridgehead atoms. The number of carbonyl (C=O) groups is 1. The van der Waals surface area contributed by atoms with Crippen LogP contribution in [-0.4, -0.2) is 37.4 Å². The third-order valence-corrected chi connectivity index (χ3v) is 5.55. The van der Waals surface area contributed by atoms with E-state index < -0.39 is 0 Å². The fraction of sp³-hybridized carbons (Fsp3) is 0.429. The van der Waals surface area contributed by atoms with E-state index in [1.807, 2.05) is 25.1 Å². The lowest BCUT2D eigenvalue weighted by Crippen LogP contribution is -2.45. The van der Waals surface area contributed by atoms with Crippen molar-refractivity contribution in [1.82, 2.24) is 10.3 Å². The maximum atomic E-state index is 12.6. The van der Waals surface area contributed by atoms with Crippen molar-refractivity contribution in [2.24, 2.45) is 0 Å². The second-order valence-electron chi connectivity index (χ2n) is 7.22. The molecular formula is C21H24N2O4. The summed E-state index contributed by atoms with van der Waals surface area (Å²) in [6.07, 6.45) is 5.60. The summed E-state index contributed by atoms with van der Waals surface area (Å²) >= 11 is 0. The minimum Gasteiger partial charge on any atom is -0.454 e. The summed E-state index contributed by atoms with van der Waals surface area (Å²) in [7, 11) is 0. The van der Waals surface area contributed by atoms with Crippen molar-refractivity contribution in [3.63, 3.8) is 0 Å². The summed E-state index contributed by atoms with van der Waals surface area (Å²) in [5.74, 6) is 1.58. The molecule has 6 nitrogen and oxygen atoms in total. The molecular weight excluding hydrogens is 344 g/mol. The molecule has 0 spiro atoms. The largest absolute Gasteiger partial charge is 0.454 e. The maximum Gasteiger partial charge on any atom is 0.231 e. The summed E-state index contributed by atoms with van der Waals surface area (Å²) in [6.45, 7) is 4.19. The lowest BCUT2D eigenvalue weighted by atomic mass is 9.74. The van der Waals surface area contributed by atoms with E-state index in [0.717, 1.165) is 41.0 Å². The molecule has 1 N–H and O–H groups in total. The lowest BCUT2D eigenvalue weighted by molar-refractivity contribution is -0.121. The highest BCUT2D eigenvalue weighted by Crippen LogP contribution is 2.40. The van der Waals surface area contributed by atoms with Crippen LogP contribution in [0.1, 0.15) is 29.5 Å². The molecule has 6 heteroatoms. The van der Waals surface area contributed by atoms with Crippen LogP contribution in [0.25, 0.3) is 0 Å². The van der Waals surface area contributed by atoms with Crippen molar-refractivity contribution >= 4 is 5.91 Å². The van der Waals surface area contributed by atoms with Crippen LogP contribution >= 0.6 is 0 Å². The first kappa shape index (κ1) is 17.8. The van der Waals surface area contributed by atoms with Crippen molar-refractivity contribution in [1.29, 1.82) is 0 Å². The molecule has 142 valence electrons. The van der Waals surface area contributed by atoms with E-state index in [1.165, 1.54) is 0 Å². The number of nitrogens with one attached hydrogen (secondary N) is 1. The lowest BCUT2D eigenvalue weighted by Gasteiger charge is -2.38. The number of nitrogens with zero attached hydrogens (tertiary/aromatic N) is 1. The Balaban J connectivity index is 1.49. The number of hydrogen-bond donors (Lipinski definition) is 1. The van der Waals surface area contributed by atoms with Gasteiger partial charge in [0.1, 0.15) is 0 Å². The van der Waals surface area contributed by atoms with Gasteiger partial charge in [-0.1, -0.05) is 6.07 Å². The van der Waals surface area contributed by atoms with Crippen molar-refractivity contribution < 1.29 is 19.0 Å². The van der Waals surface area contributed by atoms with Gasteiger partial charge >= 0.3 is 0 Å². The summed E-state index contributed by atoms with van der Waals surface area (Å²) in [4.78, 5) is 16.6. The minimum atomic E-state index is -0.151. The number of aromatic nitrogens is 1. The van der Waals surface area contributed by atoms with Crippen LogP contribution in [-0.2, 0) is 21.4 Å². The van der Waals surface area contributed by atoms with E-state index in [0.29, 0.717) is 26.2 Å². The van der Waals surface area contributed by atoms with E-state index in [9.17, 15) is 4.79 Å². The molecule has 0 atom stereocenters. The average molecular weight is 368 g/mol. The zero-order chi connectivity index (χ0) is 18.7. The van der Waals surface area contributed by atoms with Gasteiger partial charge in [0.2, 0.25) is 12.7 Å². The summed E-state index contributed by atoms with van der Waals surface area (Å²) in [5.41, 5.74) is 3.05. The molecule has 4 rings (SSSR count). The van der Waals surface area contributed by atoms with Gasteiger partial charge in [-0.2, -0.15) is 0 Å². The molecule has 0 aliphatic carbocycles. The topological polar surface area (TPSA) is 69.7 Å². The number of rotatable bonds is 5. The number of benzene rings is 1. The second kappa shape index (κ2) is 7.56. The highest BCUT2D eigenvalue weighted by atomic mass is 16.7. The number of fused-ring (bicyclic) bond motifs is 1. The Hall–Kier alpha value is -2.60. The Bertz CT molecular complexity index is 831. The number of aryl methyl sites for hydroxylation is 1. The molecule has 2 aromatic rings. The first-order chi connectivity index (χ1) is 13.2. The standard InChI is InChI=1S/C21H24N2O4/c1-15-12-22-7-4-16(15)10-20(24)23-13-21(5-8-25-9-6-21)17-2-3-18-19(11-17)27-14-26-18/h2-4,7,11-12H,5-6,8-10,13-14H2,1H3,(H,23,24). The predicted octanol–water partition coefficient (Wildman–Crippen LogP) is 2.53. The number of carbonyl (C=O) groups excluding carboxylic acids is 1. The van der Waals surface area contributed by atoms with Gasteiger partial charge in [-0.05, 0) is 54.7 Å². The summed E-state index contributed by atoms with van der Waals surface area (Å²) < 4.78 is 16.6. The van der Waals surface area contributed by atoms with Gasteiger partial charge in [-0.25, -0.2) is 0 Å². The Kier molecular flexibility index (Phi) is 4.99. The summed E-state index contributed by atoms with van der Waals surface area (Å²) in [6, 6.07) is 7.98. The molecule has 1 aromatic carbocycles. The third kappa shape index (κ3) is 3.76. The van der Waals surface area contributed by atoms with Crippen LogP contribution in [0.2, 0.25) is 0 Å². The molecule has 1 fully saturated rings. The van der Waals surface area contributed by atoms with Crippen molar-refractivity contribution in [2.75, 3.05) is 26.6 Å². The molecule has 2 aliphatic rings. The molecule has 3 heterocycles. The third-order valence-electron chi connectivity index (χ3n) is 5.55. The Morgan fingerprint density at radius 1 is 1.19 bits per heavy atom. The normalized spacial score (nSPS) is 17.5. The Morgan fingerprint density at radius 2 is 2.00 bits per heavy atom. The fourth-order valence-electron chi connectivity index (χ4n) is 3.76. The van der Waals surface area contributed by atoms with E-state index in [2.05, 4.69) is 16.4 Å². The van der Waals surface area contributed by atoms with Crippen molar-refractivity contribution in [2.45, 2.75) is 31.6 Å². The number of amides is 1. The van der Waals surface area contributed by atoms with Crippen LogP contribution in [0, 0.1) is 6.92 Å². The zero-order valence-corrected chi connectivity index (χ0v) is 15.5. The number of hydrogen-bond acceptors (Lipinski definition) is 5. The molecule has 1 saturated heterocycles. The quantitative estimate of drug-likeness (QED) is 0.878. The van der Waals surface area contributed by atoms with Gasteiger partial charge in [0, 0.05) is 37.6 Å². The van der Waals surface area contributed by atoms with Crippen LogP contribution in [0.3, 0.4) is 0 Å². The van der Waals surface area contributed by atoms with Gasteiger partial charge in [-0.3, -0.25) is 9.78 Å². The first-order valence-electron chi connectivity index (χ1n) is 9.30. The second-order valence-corrected chi connectivity index (χ2v) is 7.22. The predicted molar refractivity (Wildman–Crippen MR) is 100.0 cm³/mol. The van der Waals surface area contributed by atoms with Crippen molar-refractivity contribution in [3.05, 3.63) is 53.3 Å². The monoisotopic (exact) mass is 368 g/mol. The highest BCUT2D eigenvalue weighted by Gasteiger charge is 2.36.